The van der Waals surface area contributed by atoms with Crippen molar-refractivity contribution in [1.29, 1.82) is 0 Å². The van der Waals surface area contributed by atoms with Gasteiger partial charge in [-0.1, -0.05) is 115 Å². The van der Waals surface area contributed by atoms with E-state index in [-0.39, 0.29) is 32.2 Å². The highest BCUT2D eigenvalue weighted by Gasteiger charge is 2.31. The standard InChI is InChI=1S/C44H51N7O5/c45-22-9-8-16-36(41(47)53)49-43(55)38(26-29-10-2-1-3-11-29)50-44(56)39(28-31-18-20-33-13-5-7-15-35(33)25-31)51-42(54)37(48-40(52)21-23-46)27-30-17-19-32-12-4-6-14-34(32)24-30/h1-7,10-15,17-20,24-25,36-39H,8-9,16,21-23,26-28,45-46H2,(H2,47,53)(H,48,52)(H,49,55)(H,50,56)(H,51,54)/t36-,37+,38-,39+/m0/s1. The maximum atomic E-state index is 14.4. The SMILES string of the molecule is NCCCC[C@H](NC(=O)[C@H](Cc1ccccc1)NC(=O)[C@@H](Cc1ccc2ccccc2c1)NC(=O)[C@@H](Cc1ccc2ccccc2c1)NC(=O)CCN)C(N)=O. The average molecular weight is 758 g/mol. The topological polar surface area (TPSA) is 212 Å². The van der Waals surface area contributed by atoms with E-state index in [1.165, 1.54) is 0 Å². The molecule has 0 aliphatic rings. The van der Waals surface area contributed by atoms with Gasteiger partial charge < -0.3 is 38.5 Å². The molecule has 0 aromatic heterocycles. The first kappa shape index (κ1) is 41.1. The Kier molecular flexibility index (Phi) is 15.1. The first-order chi connectivity index (χ1) is 27.1. The molecule has 56 heavy (non-hydrogen) atoms. The third kappa shape index (κ3) is 11.9. The van der Waals surface area contributed by atoms with Gasteiger partial charge in [0.15, 0.2) is 0 Å². The molecular weight excluding hydrogens is 707 g/mol. The number of carbonyl (C=O) groups excluding carboxylic acids is 5. The van der Waals surface area contributed by atoms with Crippen molar-refractivity contribution in [2.24, 2.45) is 17.2 Å². The van der Waals surface area contributed by atoms with E-state index in [0.717, 1.165) is 38.2 Å². The number of amides is 5. The predicted molar refractivity (Wildman–Crippen MR) is 219 cm³/mol. The lowest BCUT2D eigenvalue weighted by Crippen LogP contribution is -2.59. The van der Waals surface area contributed by atoms with Crippen molar-refractivity contribution >= 4 is 51.1 Å². The van der Waals surface area contributed by atoms with Gasteiger partial charge in [-0.05, 0) is 64.0 Å². The first-order valence-corrected chi connectivity index (χ1v) is 19.0. The van der Waals surface area contributed by atoms with Crippen LogP contribution in [0.4, 0.5) is 0 Å². The third-order valence-corrected chi connectivity index (χ3v) is 9.69. The Balaban J connectivity index is 1.44. The minimum atomic E-state index is -1.17. The quantitative estimate of drug-likeness (QED) is 0.0590. The maximum Gasteiger partial charge on any atom is 0.243 e. The summed E-state index contributed by atoms with van der Waals surface area (Å²) in [6, 6.07) is 32.1. The van der Waals surface area contributed by atoms with E-state index >= 15 is 0 Å². The molecule has 0 heterocycles. The number of hydrogen-bond acceptors (Lipinski definition) is 7. The highest BCUT2D eigenvalue weighted by Crippen LogP contribution is 2.19. The van der Waals surface area contributed by atoms with E-state index in [1.807, 2.05) is 115 Å². The Morgan fingerprint density at radius 2 is 0.911 bits per heavy atom. The van der Waals surface area contributed by atoms with Gasteiger partial charge in [-0.2, -0.15) is 0 Å². The van der Waals surface area contributed by atoms with Crippen molar-refractivity contribution < 1.29 is 24.0 Å². The molecule has 5 rings (SSSR count). The summed E-state index contributed by atoms with van der Waals surface area (Å²) in [7, 11) is 0. The maximum absolute atomic E-state index is 14.4. The molecule has 5 aromatic rings. The fraction of sp³-hybridized carbons (Fsp3) is 0.295. The van der Waals surface area contributed by atoms with Gasteiger partial charge in [0.1, 0.15) is 24.2 Å². The Morgan fingerprint density at radius 3 is 1.39 bits per heavy atom. The van der Waals surface area contributed by atoms with E-state index < -0.39 is 53.7 Å². The van der Waals surface area contributed by atoms with Gasteiger partial charge in [0, 0.05) is 32.2 Å². The van der Waals surface area contributed by atoms with E-state index in [0.29, 0.717) is 25.8 Å². The molecule has 10 N–H and O–H groups in total. The van der Waals surface area contributed by atoms with Crippen LogP contribution < -0.4 is 38.5 Å². The van der Waals surface area contributed by atoms with Gasteiger partial charge >= 0.3 is 0 Å². The summed E-state index contributed by atoms with van der Waals surface area (Å²) in [5.74, 6) is -2.91. The highest BCUT2D eigenvalue weighted by atomic mass is 16.2. The second-order valence-electron chi connectivity index (χ2n) is 14.0. The van der Waals surface area contributed by atoms with Gasteiger partial charge in [0.25, 0.3) is 0 Å². The Bertz CT molecular complexity index is 2130. The summed E-state index contributed by atoms with van der Waals surface area (Å²) in [5, 5.41) is 15.3. The normalized spacial score (nSPS) is 13.2. The highest BCUT2D eigenvalue weighted by molar-refractivity contribution is 5.96. The van der Waals surface area contributed by atoms with Gasteiger partial charge in [-0.3, -0.25) is 24.0 Å². The van der Waals surface area contributed by atoms with Crippen molar-refractivity contribution in [3.8, 4) is 0 Å². The monoisotopic (exact) mass is 757 g/mol. The molecule has 0 aliphatic carbocycles. The molecule has 5 aromatic carbocycles. The van der Waals surface area contributed by atoms with E-state index in [2.05, 4.69) is 21.3 Å². The number of nitrogens with two attached hydrogens (primary N) is 3. The molecule has 5 amide bonds. The molecule has 0 spiro atoms. The number of hydrogen-bond donors (Lipinski definition) is 7. The Labute approximate surface area is 327 Å². The molecule has 292 valence electrons. The van der Waals surface area contributed by atoms with Crippen molar-refractivity contribution in [2.45, 2.75) is 69.1 Å². The molecule has 12 nitrogen and oxygen atoms in total. The van der Waals surface area contributed by atoms with E-state index in [9.17, 15) is 24.0 Å². The number of carbonyl (C=O) groups is 5. The van der Waals surface area contributed by atoms with E-state index in [4.69, 9.17) is 17.2 Å². The third-order valence-electron chi connectivity index (χ3n) is 9.69. The van der Waals surface area contributed by atoms with Crippen LogP contribution in [0.1, 0.15) is 42.4 Å². The number of benzene rings is 5. The average Bonchev–Trinajstić information content (AvgIpc) is 3.20. The van der Waals surface area contributed by atoms with Gasteiger partial charge in [0.05, 0.1) is 0 Å². The van der Waals surface area contributed by atoms with Crippen LogP contribution in [-0.2, 0) is 43.2 Å². The molecule has 0 unspecified atom stereocenters. The molecule has 4 atom stereocenters. The van der Waals surface area contributed by atoms with Crippen LogP contribution in [0, 0.1) is 0 Å². The van der Waals surface area contributed by atoms with Crippen LogP contribution in [0.25, 0.3) is 21.5 Å². The summed E-state index contributed by atoms with van der Waals surface area (Å²) >= 11 is 0. The minimum absolute atomic E-state index is 0.0112. The zero-order valence-electron chi connectivity index (χ0n) is 31.4. The van der Waals surface area contributed by atoms with Crippen LogP contribution in [0.3, 0.4) is 0 Å². The smallest absolute Gasteiger partial charge is 0.243 e. The molecule has 0 radical (unpaired) electrons. The summed E-state index contributed by atoms with van der Waals surface area (Å²) < 4.78 is 0. The molecule has 0 bridgehead atoms. The fourth-order valence-electron chi connectivity index (χ4n) is 6.67. The van der Waals surface area contributed by atoms with Crippen LogP contribution in [0.15, 0.2) is 115 Å². The van der Waals surface area contributed by atoms with Crippen molar-refractivity contribution in [3.63, 3.8) is 0 Å². The summed E-state index contributed by atoms with van der Waals surface area (Å²) in [5.41, 5.74) is 19.3. The number of nitrogens with one attached hydrogen (secondary N) is 4. The van der Waals surface area contributed by atoms with Crippen molar-refractivity contribution in [2.75, 3.05) is 13.1 Å². The van der Waals surface area contributed by atoms with Crippen LogP contribution in [-0.4, -0.2) is 66.8 Å². The second kappa shape index (κ2) is 20.5. The van der Waals surface area contributed by atoms with E-state index in [1.54, 1.807) is 0 Å². The Hall–Kier alpha value is -6.11. The molecular formula is C44H51N7O5. The van der Waals surface area contributed by atoms with Gasteiger partial charge in [-0.15, -0.1) is 0 Å². The summed E-state index contributed by atoms with van der Waals surface area (Å²) in [4.78, 5) is 67.7. The lowest BCUT2D eigenvalue weighted by atomic mass is 9.98. The minimum Gasteiger partial charge on any atom is -0.368 e. The van der Waals surface area contributed by atoms with Crippen molar-refractivity contribution in [1.82, 2.24) is 21.3 Å². The van der Waals surface area contributed by atoms with Gasteiger partial charge in [-0.25, -0.2) is 0 Å². The lowest BCUT2D eigenvalue weighted by Gasteiger charge is -2.27. The zero-order valence-corrected chi connectivity index (χ0v) is 31.4. The zero-order chi connectivity index (χ0) is 39.9. The summed E-state index contributed by atoms with van der Waals surface area (Å²) in [6.45, 7) is 0.522. The van der Waals surface area contributed by atoms with Crippen LogP contribution in [0.5, 0.6) is 0 Å². The molecule has 0 aliphatic heterocycles. The molecule has 0 fully saturated rings. The Morgan fingerprint density at radius 1 is 0.464 bits per heavy atom. The summed E-state index contributed by atoms with van der Waals surface area (Å²) in [6.07, 6.45) is 1.84. The lowest BCUT2D eigenvalue weighted by molar-refractivity contribution is -0.134. The largest absolute Gasteiger partial charge is 0.368 e. The molecule has 0 saturated carbocycles. The van der Waals surface area contributed by atoms with Crippen LogP contribution >= 0.6 is 0 Å². The number of rotatable bonds is 20. The van der Waals surface area contributed by atoms with Gasteiger partial charge in [0.2, 0.25) is 29.5 Å². The molecule has 12 heteroatoms. The fourth-order valence-corrected chi connectivity index (χ4v) is 6.67. The van der Waals surface area contributed by atoms with Crippen LogP contribution in [0.2, 0.25) is 0 Å². The first-order valence-electron chi connectivity index (χ1n) is 19.0. The van der Waals surface area contributed by atoms with Crippen molar-refractivity contribution in [3.05, 3.63) is 132 Å². The molecule has 0 saturated heterocycles. The second-order valence-corrected chi connectivity index (χ2v) is 14.0. The number of unbranched alkanes of at least 4 members (excludes halogenated alkanes) is 1. The predicted octanol–water partition coefficient (Wildman–Crippen LogP) is 2.92. The number of primary amides is 1. The number of fused-ring (bicyclic) bond motifs is 2.